The van der Waals surface area contributed by atoms with Gasteiger partial charge in [0.15, 0.2) is 11.0 Å². The molecule has 0 aliphatic heterocycles. The van der Waals surface area contributed by atoms with Gasteiger partial charge >= 0.3 is 0 Å². The number of rotatable bonds is 8. The third-order valence-corrected chi connectivity index (χ3v) is 6.84. The van der Waals surface area contributed by atoms with E-state index in [0.717, 1.165) is 36.1 Å². The fourth-order valence-corrected chi connectivity index (χ4v) is 5.19. The first kappa shape index (κ1) is 21.6. The van der Waals surface area contributed by atoms with Crippen LogP contribution in [-0.4, -0.2) is 28.7 Å². The summed E-state index contributed by atoms with van der Waals surface area (Å²) in [5.41, 5.74) is 1.92. The van der Waals surface area contributed by atoms with Crippen LogP contribution in [0, 0.1) is 5.82 Å². The number of nitrogens with zero attached hydrogens (tertiary/aromatic N) is 6. The summed E-state index contributed by atoms with van der Waals surface area (Å²) >= 11 is 1.49. The number of aromatic nitrogens is 6. The van der Waals surface area contributed by atoms with Crippen LogP contribution in [-0.2, 0) is 18.8 Å². The van der Waals surface area contributed by atoms with E-state index in [-0.39, 0.29) is 11.4 Å². The van der Waals surface area contributed by atoms with Gasteiger partial charge in [0.1, 0.15) is 11.3 Å². The maximum atomic E-state index is 14.3. The van der Waals surface area contributed by atoms with E-state index in [1.54, 1.807) is 10.6 Å². The summed E-state index contributed by atoms with van der Waals surface area (Å²) in [6.45, 7) is 5.46. The SMILES string of the molecule is CCCCCn1c(=O)c2ccccc2n2c(SCc3nc4c(F)cccc4n3CC)nnc12. The van der Waals surface area contributed by atoms with Crippen molar-refractivity contribution in [2.75, 3.05) is 0 Å². The molecule has 0 atom stereocenters. The highest BCUT2D eigenvalue weighted by Gasteiger charge is 2.18. The quantitative estimate of drug-likeness (QED) is 0.238. The molecule has 0 amide bonds. The molecule has 0 saturated heterocycles. The summed E-state index contributed by atoms with van der Waals surface area (Å²) in [7, 11) is 0. The van der Waals surface area contributed by atoms with E-state index in [2.05, 4.69) is 22.1 Å². The molecule has 0 N–H and O–H groups in total. The van der Waals surface area contributed by atoms with Crippen molar-refractivity contribution < 1.29 is 4.39 Å². The standard InChI is InChI=1S/C24H25FN6OS/c1-3-5-8-14-30-22(32)16-10-6-7-12-18(16)31-23(30)27-28-24(31)33-15-20-26-21-17(25)11-9-13-19(21)29(20)4-2/h6-7,9-13H,3-5,8,14-15H2,1-2H3. The van der Waals surface area contributed by atoms with Crippen LogP contribution in [0.15, 0.2) is 52.4 Å². The molecular weight excluding hydrogens is 439 g/mol. The Morgan fingerprint density at radius 3 is 2.61 bits per heavy atom. The van der Waals surface area contributed by atoms with E-state index in [9.17, 15) is 9.18 Å². The molecule has 0 radical (unpaired) electrons. The number of para-hydroxylation sites is 2. The zero-order valence-electron chi connectivity index (χ0n) is 18.7. The molecule has 0 aliphatic carbocycles. The molecule has 170 valence electrons. The Labute approximate surface area is 194 Å². The third-order valence-electron chi connectivity index (χ3n) is 5.92. The summed E-state index contributed by atoms with van der Waals surface area (Å²) in [6, 6.07) is 12.6. The molecule has 7 nitrogen and oxygen atoms in total. The molecule has 0 fully saturated rings. The summed E-state index contributed by atoms with van der Waals surface area (Å²) in [5.74, 6) is 1.51. The molecule has 0 bridgehead atoms. The van der Waals surface area contributed by atoms with Crippen LogP contribution in [0.1, 0.15) is 38.9 Å². The van der Waals surface area contributed by atoms with Crippen molar-refractivity contribution in [3.05, 3.63) is 64.5 Å². The number of halogens is 1. The van der Waals surface area contributed by atoms with E-state index in [0.29, 0.717) is 40.7 Å². The zero-order chi connectivity index (χ0) is 22.9. The number of hydrogen-bond acceptors (Lipinski definition) is 5. The normalized spacial score (nSPS) is 11.8. The van der Waals surface area contributed by atoms with Gasteiger partial charge in [0, 0.05) is 13.1 Å². The molecular formula is C24H25FN6OS. The maximum absolute atomic E-state index is 14.3. The van der Waals surface area contributed by atoms with Crippen molar-refractivity contribution in [1.82, 2.24) is 28.7 Å². The fourth-order valence-electron chi connectivity index (χ4n) is 4.30. The number of unbranched alkanes of at least 4 members (excludes halogenated alkanes) is 2. The summed E-state index contributed by atoms with van der Waals surface area (Å²) in [5, 5.41) is 10.1. The van der Waals surface area contributed by atoms with Crippen LogP contribution >= 0.6 is 11.8 Å². The van der Waals surface area contributed by atoms with Gasteiger partial charge in [-0.2, -0.15) is 0 Å². The van der Waals surface area contributed by atoms with Gasteiger partial charge in [-0.1, -0.05) is 49.7 Å². The van der Waals surface area contributed by atoms with Crippen LogP contribution in [0.4, 0.5) is 4.39 Å². The lowest BCUT2D eigenvalue weighted by molar-refractivity contribution is 0.594. The first-order valence-electron chi connectivity index (χ1n) is 11.3. The number of aryl methyl sites for hydroxylation is 2. The van der Waals surface area contributed by atoms with Crippen LogP contribution in [0.5, 0.6) is 0 Å². The second-order valence-corrected chi connectivity index (χ2v) is 8.91. The molecule has 33 heavy (non-hydrogen) atoms. The van der Waals surface area contributed by atoms with Crippen molar-refractivity contribution in [2.45, 2.75) is 57.1 Å². The topological polar surface area (TPSA) is 70.0 Å². The molecule has 3 aromatic heterocycles. The molecule has 0 saturated carbocycles. The lowest BCUT2D eigenvalue weighted by atomic mass is 10.2. The van der Waals surface area contributed by atoms with Crippen LogP contribution in [0.25, 0.3) is 27.7 Å². The van der Waals surface area contributed by atoms with Crippen LogP contribution < -0.4 is 5.56 Å². The minimum atomic E-state index is -0.319. The zero-order valence-corrected chi connectivity index (χ0v) is 19.5. The number of thioether (sulfide) groups is 1. The van der Waals surface area contributed by atoms with Gasteiger partial charge in [0.2, 0.25) is 5.78 Å². The largest absolute Gasteiger partial charge is 0.327 e. The van der Waals surface area contributed by atoms with Crippen molar-refractivity contribution in [3.63, 3.8) is 0 Å². The van der Waals surface area contributed by atoms with Crippen molar-refractivity contribution in [3.8, 4) is 0 Å². The Morgan fingerprint density at radius 1 is 0.970 bits per heavy atom. The second kappa shape index (κ2) is 8.97. The molecule has 9 heteroatoms. The minimum Gasteiger partial charge on any atom is -0.327 e. The molecule has 0 spiro atoms. The summed E-state index contributed by atoms with van der Waals surface area (Å²) in [4.78, 5) is 17.7. The maximum Gasteiger partial charge on any atom is 0.262 e. The molecule has 0 aliphatic rings. The Bertz CT molecular complexity index is 1520. The monoisotopic (exact) mass is 464 g/mol. The van der Waals surface area contributed by atoms with Crippen molar-refractivity contribution >= 4 is 39.5 Å². The number of hydrogen-bond donors (Lipinski definition) is 0. The smallest absolute Gasteiger partial charge is 0.262 e. The first-order valence-corrected chi connectivity index (χ1v) is 12.3. The van der Waals surface area contributed by atoms with E-state index >= 15 is 0 Å². The Morgan fingerprint density at radius 2 is 1.79 bits per heavy atom. The highest BCUT2D eigenvalue weighted by atomic mass is 32.2. The van der Waals surface area contributed by atoms with Gasteiger partial charge in [0.25, 0.3) is 5.56 Å². The van der Waals surface area contributed by atoms with E-state index in [4.69, 9.17) is 0 Å². The number of fused-ring (bicyclic) bond motifs is 4. The van der Waals surface area contributed by atoms with Gasteiger partial charge in [-0.05, 0) is 37.6 Å². The molecule has 3 heterocycles. The molecule has 5 rings (SSSR count). The van der Waals surface area contributed by atoms with E-state index in [1.807, 2.05) is 46.2 Å². The number of benzene rings is 2. The van der Waals surface area contributed by atoms with Gasteiger partial charge in [0.05, 0.1) is 22.2 Å². The highest BCUT2D eigenvalue weighted by molar-refractivity contribution is 7.98. The lowest BCUT2D eigenvalue weighted by Gasteiger charge is -2.11. The second-order valence-electron chi connectivity index (χ2n) is 7.97. The Hall–Kier alpha value is -3.20. The highest BCUT2D eigenvalue weighted by Crippen LogP contribution is 2.27. The summed E-state index contributed by atoms with van der Waals surface area (Å²) in [6.07, 6.45) is 3.03. The van der Waals surface area contributed by atoms with Gasteiger partial charge in [-0.25, -0.2) is 9.37 Å². The molecule has 0 unspecified atom stereocenters. The average Bonchev–Trinajstić information content (AvgIpc) is 3.42. The van der Waals surface area contributed by atoms with Crippen molar-refractivity contribution in [2.24, 2.45) is 0 Å². The van der Waals surface area contributed by atoms with Crippen molar-refractivity contribution in [1.29, 1.82) is 0 Å². The van der Waals surface area contributed by atoms with Gasteiger partial charge < -0.3 is 4.57 Å². The van der Waals surface area contributed by atoms with Gasteiger partial charge in [-0.3, -0.25) is 13.8 Å². The van der Waals surface area contributed by atoms with Gasteiger partial charge in [-0.15, -0.1) is 10.2 Å². The summed E-state index contributed by atoms with van der Waals surface area (Å²) < 4.78 is 20.0. The van der Waals surface area contributed by atoms with Crippen LogP contribution in [0.2, 0.25) is 0 Å². The predicted octanol–water partition coefficient (Wildman–Crippen LogP) is 5.04. The Kier molecular flexibility index (Phi) is 5.88. The third kappa shape index (κ3) is 3.70. The average molecular weight is 465 g/mol. The molecule has 2 aromatic carbocycles. The minimum absolute atomic E-state index is 0.0404. The van der Waals surface area contributed by atoms with Crippen LogP contribution in [0.3, 0.4) is 0 Å². The number of imidazole rings is 1. The van der Waals surface area contributed by atoms with E-state index < -0.39 is 0 Å². The van der Waals surface area contributed by atoms with E-state index in [1.165, 1.54) is 17.8 Å². The predicted molar refractivity (Wildman–Crippen MR) is 129 cm³/mol. The lowest BCUT2D eigenvalue weighted by Crippen LogP contribution is -2.23. The Balaban J connectivity index is 1.58. The molecule has 5 aromatic rings. The fraction of sp³-hybridized carbons (Fsp3) is 0.333. The first-order chi connectivity index (χ1) is 16.1.